The van der Waals surface area contributed by atoms with E-state index in [0.717, 1.165) is 0 Å². The third-order valence-corrected chi connectivity index (χ3v) is 2.60. The van der Waals surface area contributed by atoms with Crippen molar-refractivity contribution in [1.82, 2.24) is 5.32 Å². The van der Waals surface area contributed by atoms with Crippen LogP contribution in [0, 0.1) is 12.8 Å². The van der Waals surface area contributed by atoms with Crippen molar-refractivity contribution in [2.75, 3.05) is 7.11 Å². The van der Waals surface area contributed by atoms with Gasteiger partial charge in [0, 0.05) is 0 Å². The average Bonchev–Trinajstić information content (AvgIpc) is 2.73. The molecule has 0 spiro atoms. The summed E-state index contributed by atoms with van der Waals surface area (Å²) in [5, 5.41) is 2.67. The van der Waals surface area contributed by atoms with Gasteiger partial charge >= 0.3 is 5.97 Å². The van der Waals surface area contributed by atoms with Crippen LogP contribution in [0.5, 0.6) is 0 Å². The van der Waals surface area contributed by atoms with Crippen LogP contribution in [-0.4, -0.2) is 25.0 Å². The molecule has 0 aliphatic heterocycles. The molecule has 1 aromatic rings. The minimum absolute atomic E-state index is 0.278. The van der Waals surface area contributed by atoms with Gasteiger partial charge in [-0.05, 0) is 25.3 Å². The predicted octanol–water partition coefficient (Wildman–Crippen LogP) is 1.91. The molecule has 0 fully saturated rings. The van der Waals surface area contributed by atoms with E-state index in [2.05, 4.69) is 10.1 Å². The SMILES string of the molecule is COC(=O)C(CC(C)C)NC(=O)c1ccoc1C. The maximum Gasteiger partial charge on any atom is 0.328 e. The molecule has 5 nitrogen and oxygen atoms in total. The van der Waals surface area contributed by atoms with E-state index in [9.17, 15) is 9.59 Å². The minimum Gasteiger partial charge on any atom is -0.469 e. The highest BCUT2D eigenvalue weighted by molar-refractivity contribution is 5.97. The van der Waals surface area contributed by atoms with Gasteiger partial charge in [0.1, 0.15) is 11.8 Å². The number of hydrogen-bond donors (Lipinski definition) is 1. The monoisotopic (exact) mass is 253 g/mol. The zero-order chi connectivity index (χ0) is 13.7. The molecule has 1 heterocycles. The molecule has 18 heavy (non-hydrogen) atoms. The lowest BCUT2D eigenvalue weighted by molar-refractivity contribution is -0.143. The van der Waals surface area contributed by atoms with Gasteiger partial charge in [0.05, 0.1) is 18.9 Å². The Morgan fingerprint density at radius 1 is 1.44 bits per heavy atom. The average molecular weight is 253 g/mol. The molecular weight excluding hydrogens is 234 g/mol. The highest BCUT2D eigenvalue weighted by Gasteiger charge is 2.24. The number of hydrogen-bond acceptors (Lipinski definition) is 4. The molecule has 100 valence electrons. The second-order valence-electron chi connectivity index (χ2n) is 4.57. The van der Waals surface area contributed by atoms with E-state index in [1.807, 2.05) is 13.8 Å². The van der Waals surface area contributed by atoms with Gasteiger partial charge < -0.3 is 14.5 Å². The normalized spacial score (nSPS) is 12.3. The zero-order valence-electron chi connectivity index (χ0n) is 11.1. The second-order valence-corrected chi connectivity index (χ2v) is 4.57. The van der Waals surface area contributed by atoms with Gasteiger partial charge in [-0.15, -0.1) is 0 Å². The van der Waals surface area contributed by atoms with E-state index >= 15 is 0 Å². The van der Waals surface area contributed by atoms with Gasteiger partial charge in [0.15, 0.2) is 0 Å². The molecule has 5 heteroatoms. The summed E-state index contributed by atoms with van der Waals surface area (Å²) in [6.07, 6.45) is 1.98. The van der Waals surface area contributed by atoms with E-state index < -0.39 is 12.0 Å². The zero-order valence-corrected chi connectivity index (χ0v) is 11.1. The molecular formula is C13H19NO4. The molecule has 1 rings (SSSR count). The molecule has 0 aliphatic rings. The van der Waals surface area contributed by atoms with Crippen LogP contribution in [0.4, 0.5) is 0 Å². The van der Waals surface area contributed by atoms with Crippen molar-refractivity contribution in [1.29, 1.82) is 0 Å². The van der Waals surface area contributed by atoms with E-state index in [4.69, 9.17) is 4.42 Å². The van der Waals surface area contributed by atoms with E-state index in [1.54, 1.807) is 13.0 Å². The van der Waals surface area contributed by atoms with Gasteiger partial charge in [-0.3, -0.25) is 4.79 Å². The van der Waals surface area contributed by atoms with Gasteiger partial charge in [-0.2, -0.15) is 0 Å². The van der Waals surface area contributed by atoms with Crippen molar-refractivity contribution in [3.8, 4) is 0 Å². The molecule has 0 saturated heterocycles. The standard InChI is InChI=1S/C13H19NO4/c1-8(2)7-11(13(16)17-4)14-12(15)10-5-6-18-9(10)3/h5-6,8,11H,7H2,1-4H3,(H,14,15). The number of ether oxygens (including phenoxy) is 1. The Kier molecular flexibility index (Phi) is 4.95. The summed E-state index contributed by atoms with van der Waals surface area (Å²) in [7, 11) is 1.31. The van der Waals surface area contributed by atoms with Crippen molar-refractivity contribution in [2.45, 2.75) is 33.2 Å². The summed E-state index contributed by atoms with van der Waals surface area (Å²) in [5.74, 6) is 0.0519. The number of furan rings is 1. The number of methoxy groups -OCH3 is 1. The summed E-state index contributed by atoms with van der Waals surface area (Å²) >= 11 is 0. The van der Waals surface area contributed by atoms with Gasteiger partial charge in [-0.1, -0.05) is 13.8 Å². The molecule has 0 saturated carbocycles. The third-order valence-electron chi connectivity index (χ3n) is 2.60. The Bertz CT molecular complexity index is 422. The van der Waals surface area contributed by atoms with Crippen molar-refractivity contribution in [3.63, 3.8) is 0 Å². The number of carbonyl (C=O) groups excluding carboxylic acids is 2. The number of aryl methyl sites for hydroxylation is 1. The molecule has 0 radical (unpaired) electrons. The molecule has 1 N–H and O–H groups in total. The molecule has 1 atom stereocenters. The highest BCUT2D eigenvalue weighted by Crippen LogP contribution is 2.11. The van der Waals surface area contributed by atoms with Crippen LogP contribution >= 0.6 is 0 Å². The first-order valence-corrected chi connectivity index (χ1v) is 5.88. The Morgan fingerprint density at radius 3 is 2.56 bits per heavy atom. The van der Waals surface area contributed by atoms with Crippen LogP contribution < -0.4 is 5.32 Å². The largest absolute Gasteiger partial charge is 0.469 e. The summed E-state index contributed by atoms with van der Waals surface area (Å²) in [6, 6.07) is 0.950. The smallest absolute Gasteiger partial charge is 0.328 e. The molecule has 0 aliphatic carbocycles. The van der Waals surface area contributed by atoms with Gasteiger partial charge in [0.25, 0.3) is 5.91 Å². The first-order chi connectivity index (χ1) is 8.45. The second kappa shape index (κ2) is 6.23. The quantitative estimate of drug-likeness (QED) is 0.814. The van der Waals surface area contributed by atoms with Crippen molar-refractivity contribution >= 4 is 11.9 Å². The van der Waals surface area contributed by atoms with E-state index in [1.165, 1.54) is 13.4 Å². The fraction of sp³-hybridized carbons (Fsp3) is 0.538. The van der Waals surface area contributed by atoms with Crippen LogP contribution in [0.15, 0.2) is 16.7 Å². The maximum absolute atomic E-state index is 12.0. The number of amides is 1. The summed E-state index contributed by atoms with van der Waals surface area (Å²) in [5.41, 5.74) is 0.438. The molecule has 1 aromatic heterocycles. The predicted molar refractivity (Wildman–Crippen MR) is 66.2 cm³/mol. The fourth-order valence-corrected chi connectivity index (χ4v) is 1.68. The first-order valence-electron chi connectivity index (χ1n) is 5.88. The number of carbonyl (C=O) groups is 2. The van der Waals surface area contributed by atoms with Crippen molar-refractivity contribution < 1.29 is 18.7 Å². The van der Waals surface area contributed by atoms with Crippen LogP contribution in [0.25, 0.3) is 0 Å². The summed E-state index contributed by atoms with van der Waals surface area (Å²) < 4.78 is 9.74. The van der Waals surface area contributed by atoms with E-state index in [-0.39, 0.29) is 11.8 Å². The van der Waals surface area contributed by atoms with E-state index in [0.29, 0.717) is 17.7 Å². The fourth-order valence-electron chi connectivity index (χ4n) is 1.68. The molecule has 1 unspecified atom stereocenters. The number of nitrogens with one attached hydrogen (secondary N) is 1. The maximum atomic E-state index is 12.0. The summed E-state index contributed by atoms with van der Waals surface area (Å²) in [4.78, 5) is 23.5. The first kappa shape index (κ1) is 14.3. The Morgan fingerprint density at radius 2 is 2.11 bits per heavy atom. The molecule has 1 amide bonds. The minimum atomic E-state index is -0.628. The third kappa shape index (κ3) is 3.61. The van der Waals surface area contributed by atoms with Crippen LogP contribution in [0.1, 0.15) is 36.4 Å². The van der Waals surface area contributed by atoms with Gasteiger partial charge in [-0.25, -0.2) is 4.79 Å². The molecule has 0 bridgehead atoms. The van der Waals surface area contributed by atoms with Crippen LogP contribution in [0.3, 0.4) is 0 Å². The lowest BCUT2D eigenvalue weighted by Crippen LogP contribution is -2.42. The van der Waals surface area contributed by atoms with Gasteiger partial charge in [0.2, 0.25) is 0 Å². The van der Waals surface area contributed by atoms with Crippen molar-refractivity contribution in [2.24, 2.45) is 5.92 Å². The summed E-state index contributed by atoms with van der Waals surface area (Å²) in [6.45, 7) is 5.65. The van der Waals surface area contributed by atoms with Crippen LogP contribution in [0.2, 0.25) is 0 Å². The topological polar surface area (TPSA) is 68.5 Å². The lowest BCUT2D eigenvalue weighted by atomic mass is 10.0. The van der Waals surface area contributed by atoms with Crippen molar-refractivity contribution in [3.05, 3.63) is 23.7 Å². The highest BCUT2D eigenvalue weighted by atomic mass is 16.5. The number of rotatable bonds is 5. The Labute approximate surface area is 106 Å². The molecule has 0 aromatic carbocycles. The van der Waals surface area contributed by atoms with Crippen LogP contribution in [-0.2, 0) is 9.53 Å². The Hall–Kier alpha value is -1.78. The number of esters is 1. The lowest BCUT2D eigenvalue weighted by Gasteiger charge is -2.18. The Balaban J connectivity index is 2.74.